The van der Waals surface area contributed by atoms with Gasteiger partial charge in [-0.25, -0.2) is 13.4 Å². The van der Waals surface area contributed by atoms with E-state index in [1.165, 1.54) is 16.7 Å². The van der Waals surface area contributed by atoms with Gasteiger partial charge in [0.1, 0.15) is 9.84 Å². The normalized spacial score (nSPS) is 12.4. The quantitative estimate of drug-likeness (QED) is 0.455. The van der Waals surface area contributed by atoms with E-state index in [0.717, 1.165) is 12.5 Å². The molecule has 0 fully saturated rings. The van der Waals surface area contributed by atoms with Crippen LogP contribution in [0.2, 0.25) is 0 Å². The minimum Gasteiger partial charge on any atom is -0.357 e. The zero-order valence-electron chi connectivity index (χ0n) is 12.3. The van der Waals surface area contributed by atoms with Crippen molar-refractivity contribution in [1.29, 1.82) is 0 Å². The fourth-order valence-electron chi connectivity index (χ4n) is 1.60. The number of nitrogens with one attached hydrogen (secondary N) is 2. The van der Waals surface area contributed by atoms with Gasteiger partial charge in [0.15, 0.2) is 5.96 Å². The minimum absolute atomic E-state index is 0.198. The Labute approximate surface area is 125 Å². The molecule has 1 heterocycles. The van der Waals surface area contributed by atoms with E-state index < -0.39 is 9.84 Å². The fraction of sp³-hybridized carbons (Fsp3) is 0.615. The highest BCUT2D eigenvalue weighted by Gasteiger charge is 2.03. The monoisotopic (exact) mass is 317 g/mol. The largest absolute Gasteiger partial charge is 0.357 e. The predicted molar refractivity (Wildman–Crippen MR) is 86.2 cm³/mol. The van der Waals surface area contributed by atoms with Gasteiger partial charge in [0.2, 0.25) is 0 Å². The molecule has 0 aliphatic heterocycles. The number of hydrogen-bond acceptors (Lipinski definition) is 4. The second kappa shape index (κ2) is 8.26. The van der Waals surface area contributed by atoms with E-state index in [1.54, 1.807) is 11.3 Å². The van der Waals surface area contributed by atoms with Crippen LogP contribution in [0.5, 0.6) is 0 Å². The van der Waals surface area contributed by atoms with Crippen LogP contribution in [-0.2, 0) is 16.4 Å². The summed E-state index contributed by atoms with van der Waals surface area (Å²) in [6.45, 7) is 6.10. The maximum Gasteiger partial charge on any atom is 0.191 e. The molecule has 0 spiro atoms. The van der Waals surface area contributed by atoms with E-state index in [0.29, 0.717) is 19.5 Å². The number of sulfone groups is 1. The molecule has 20 heavy (non-hydrogen) atoms. The molecule has 1 rings (SSSR count). The molecule has 0 atom stereocenters. The van der Waals surface area contributed by atoms with Crippen LogP contribution in [0.25, 0.3) is 0 Å². The Kier molecular flexibility index (Phi) is 7.01. The maximum atomic E-state index is 11.0. The van der Waals surface area contributed by atoms with Gasteiger partial charge in [-0.2, -0.15) is 0 Å². The lowest BCUT2D eigenvalue weighted by Crippen LogP contribution is -2.38. The van der Waals surface area contributed by atoms with Crippen molar-refractivity contribution in [2.75, 3.05) is 25.1 Å². The molecule has 0 saturated heterocycles. The first-order valence-corrected chi connectivity index (χ1v) is 9.59. The van der Waals surface area contributed by atoms with Crippen LogP contribution in [0.15, 0.2) is 16.4 Å². The van der Waals surface area contributed by atoms with Crippen LogP contribution in [0, 0.1) is 6.92 Å². The van der Waals surface area contributed by atoms with Gasteiger partial charge in [-0.1, -0.05) is 0 Å². The van der Waals surface area contributed by atoms with Crippen molar-refractivity contribution in [3.05, 3.63) is 21.9 Å². The van der Waals surface area contributed by atoms with Crippen LogP contribution in [0.4, 0.5) is 0 Å². The van der Waals surface area contributed by atoms with Crippen LogP contribution in [-0.4, -0.2) is 39.5 Å². The molecule has 5 nitrogen and oxygen atoms in total. The average molecular weight is 317 g/mol. The number of nitrogens with zero attached hydrogens (tertiary/aromatic N) is 1. The van der Waals surface area contributed by atoms with Crippen LogP contribution in [0.1, 0.15) is 23.8 Å². The molecule has 0 unspecified atom stereocenters. The first-order valence-electron chi connectivity index (χ1n) is 6.65. The lowest BCUT2D eigenvalue weighted by Gasteiger charge is -2.10. The zero-order chi connectivity index (χ0) is 15.0. The summed E-state index contributed by atoms with van der Waals surface area (Å²) in [5.74, 6) is 0.928. The Morgan fingerprint density at radius 3 is 2.70 bits per heavy atom. The fourth-order valence-corrected chi connectivity index (χ4v) is 3.10. The van der Waals surface area contributed by atoms with Crippen molar-refractivity contribution in [1.82, 2.24) is 10.6 Å². The molecule has 1 aromatic rings. The van der Waals surface area contributed by atoms with Gasteiger partial charge in [-0.05, 0) is 37.3 Å². The highest BCUT2D eigenvalue weighted by atomic mass is 32.2. The van der Waals surface area contributed by atoms with Gasteiger partial charge in [0.25, 0.3) is 0 Å². The van der Waals surface area contributed by atoms with Crippen molar-refractivity contribution in [2.24, 2.45) is 4.99 Å². The first kappa shape index (κ1) is 17.0. The molecule has 0 bridgehead atoms. The second-order valence-electron chi connectivity index (χ2n) is 4.63. The van der Waals surface area contributed by atoms with Gasteiger partial charge in [-0.3, -0.25) is 0 Å². The SMILES string of the molecule is CCNC(=NCc1sccc1C)NCCCS(C)(=O)=O. The molecule has 0 amide bonds. The topological polar surface area (TPSA) is 70.6 Å². The summed E-state index contributed by atoms with van der Waals surface area (Å²) in [6.07, 6.45) is 1.84. The zero-order valence-corrected chi connectivity index (χ0v) is 13.9. The van der Waals surface area contributed by atoms with Crippen molar-refractivity contribution in [3.63, 3.8) is 0 Å². The highest BCUT2D eigenvalue weighted by Crippen LogP contribution is 2.16. The molecule has 1 aromatic heterocycles. The molecule has 0 radical (unpaired) electrons. The molecule has 0 aliphatic carbocycles. The summed E-state index contributed by atoms with van der Waals surface area (Å²) in [4.78, 5) is 5.75. The summed E-state index contributed by atoms with van der Waals surface area (Å²) >= 11 is 1.70. The Morgan fingerprint density at radius 1 is 1.40 bits per heavy atom. The van der Waals surface area contributed by atoms with Crippen LogP contribution >= 0.6 is 11.3 Å². The summed E-state index contributed by atoms with van der Waals surface area (Å²) in [6, 6.07) is 2.09. The number of thiophene rings is 1. The second-order valence-corrected chi connectivity index (χ2v) is 7.89. The highest BCUT2D eigenvalue weighted by molar-refractivity contribution is 7.90. The van der Waals surface area contributed by atoms with Crippen LogP contribution < -0.4 is 10.6 Å². The van der Waals surface area contributed by atoms with Gasteiger partial charge in [-0.15, -0.1) is 11.3 Å². The van der Waals surface area contributed by atoms with E-state index in [4.69, 9.17) is 0 Å². The number of aryl methyl sites for hydroxylation is 1. The molecule has 0 saturated carbocycles. The number of guanidine groups is 1. The molecule has 0 aliphatic rings. The maximum absolute atomic E-state index is 11.0. The predicted octanol–water partition coefficient (Wildman–Crippen LogP) is 1.55. The molecule has 0 aromatic carbocycles. The molecule has 2 N–H and O–H groups in total. The minimum atomic E-state index is -2.89. The lowest BCUT2D eigenvalue weighted by molar-refractivity contribution is 0.598. The first-order chi connectivity index (χ1) is 9.42. The standard InChI is InChI=1S/C13H23N3O2S2/c1-4-14-13(15-7-5-9-20(3,17)18)16-10-12-11(2)6-8-19-12/h6,8H,4-5,7,9-10H2,1-3H3,(H2,14,15,16). The summed E-state index contributed by atoms with van der Waals surface area (Å²) in [5, 5.41) is 8.37. The third-order valence-corrected chi connectivity index (χ3v) is 4.72. The molecule has 114 valence electrons. The van der Waals surface area contributed by atoms with Crippen molar-refractivity contribution in [2.45, 2.75) is 26.8 Å². The smallest absolute Gasteiger partial charge is 0.191 e. The summed E-state index contributed by atoms with van der Waals surface area (Å²) in [7, 11) is -2.89. The Morgan fingerprint density at radius 2 is 2.15 bits per heavy atom. The third kappa shape index (κ3) is 6.91. The number of hydrogen-bond donors (Lipinski definition) is 2. The number of aliphatic imine (C=N–C) groups is 1. The van der Waals surface area contributed by atoms with Gasteiger partial charge in [0.05, 0.1) is 12.3 Å². The van der Waals surface area contributed by atoms with Crippen LogP contribution in [0.3, 0.4) is 0 Å². The van der Waals surface area contributed by atoms with E-state index in [2.05, 4.69) is 34.0 Å². The van der Waals surface area contributed by atoms with Gasteiger partial charge < -0.3 is 10.6 Å². The van der Waals surface area contributed by atoms with Crippen molar-refractivity contribution < 1.29 is 8.42 Å². The van der Waals surface area contributed by atoms with E-state index in [9.17, 15) is 8.42 Å². The third-order valence-electron chi connectivity index (χ3n) is 2.68. The molecule has 7 heteroatoms. The lowest BCUT2D eigenvalue weighted by atomic mass is 10.3. The Hall–Kier alpha value is -1.08. The van der Waals surface area contributed by atoms with Gasteiger partial charge >= 0.3 is 0 Å². The molecular formula is C13H23N3O2S2. The van der Waals surface area contributed by atoms with E-state index in [1.807, 2.05) is 6.92 Å². The Bertz CT molecular complexity index is 536. The van der Waals surface area contributed by atoms with Crippen molar-refractivity contribution in [3.8, 4) is 0 Å². The Balaban J connectivity index is 2.45. The molecular weight excluding hydrogens is 294 g/mol. The summed E-state index contributed by atoms with van der Waals surface area (Å²) in [5.41, 5.74) is 1.26. The van der Waals surface area contributed by atoms with E-state index >= 15 is 0 Å². The summed E-state index contributed by atoms with van der Waals surface area (Å²) < 4.78 is 22.1. The average Bonchev–Trinajstić information content (AvgIpc) is 2.76. The number of rotatable bonds is 7. The van der Waals surface area contributed by atoms with E-state index in [-0.39, 0.29) is 5.75 Å². The van der Waals surface area contributed by atoms with Gasteiger partial charge in [0, 0.05) is 24.2 Å². The van der Waals surface area contributed by atoms with Crippen molar-refractivity contribution >= 4 is 27.1 Å².